The van der Waals surface area contributed by atoms with Gasteiger partial charge in [-0.1, -0.05) is 67.2 Å². The van der Waals surface area contributed by atoms with E-state index in [4.69, 9.17) is 0 Å². The molecule has 4 rings (SSSR count). The van der Waals surface area contributed by atoms with E-state index >= 15 is 0 Å². The fraction of sp³-hybridized carbons (Fsp3) is 0.150. The van der Waals surface area contributed by atoms with E-state index in [1.54, 1.807) is 6.21 Å². The van der Waals surface area contributed by atoms with Gasteiger partial charge >= 0.3 is 0 Å². The molecule has 4 nitrogen and oxygen atoms in total. The number of hydrogen-bond donors (Lipinski definition) is 1. The summed E-state index contributed by atoms with van der Waals surface area (Å²) in [5.41, 5.74) is 1.04. The van der Waals surface area contributed by atoms with E-state index in [2.05, 4.69) is 45.9 Å². The fourth-order valence-electron chi connectivity index (χ4n) is 3.05. The summed E-state index contributed by atoms with van der Waals surface area (Å²) < 4.78 is 0. The number of benzene rings is 3. The second-order valence-electron chi connectivity index (χ2n) is 5.89. The molecule has 1 saturated heterocycles. The van der Waals surface area contributed by atoms with Gasteiger partial charge in [-0.05, 0) is 34.0 Å². The summed E-state index contributed by atoms with van der Waals surface area (Å²) in [6.07, 6.45) is 2.57. The minimum Gasteiger partial charge on any atom is -0.303 e. The third kappa shape index (κ3) is 3.03. The van der Waals surface area contributed by atoms with Crippen molar-refractivity contribution in [1.29, 1.82) is 0 Å². The summed E-state index contributed by atoms with van der Waals surface area (Å²) in [6.45, 7) is 1.99. The van der Waals surface area contributed by atoms with E-state index in [-0.39, 0.29) is 11.2 Å². The molecule has 0 radical (unpaired) electrons. The van der Waals surface area contributed by atoms with Crippen LogP contribution in [0, 0.1) is 0 Å². The van der Waals surface area contributed by atoms with Crippen LogP contribution in [0.3, 0.4) is 0 Å². The smallest absolute Gasteiger partial charge is 0.239 e. The van der Waals surface area contributed by atoms with Crippen molar-refractivity contribution in [2.75, 3.05) is 0 Å². The van der Waals surface area contributed by atoms with Crippen LogP contribution in [0.2, 0.25) is 0 Å². The van der Waals surface area contributed by atoms with E-state index in [0.29, 0.717) is 5.17 Å². The van der Waals surface area contributed by atoms with Gasteiger partial charge in [0.25, 0.3) is 0 Å². The minimum absolute atomic E-state index is 0.0112. The van der Waals surface area contributed by atoms with Crippen molar-refractivity contribution in [1.82, 2.24) is 5.32 Å². The lowest BCUT2D eigenvalue weighted by Gasteiger charge is -2.07. The largest absolute Gasteiger partial charge is 0.303 e. The van der Waals surface area contributed by atoms with Gasteiger partial charge < -0.3 is 5.32 Å². The van der Waals surface area contributed by atoms with Crippen molar-refractivity contribution in [3.8, 4) is 0 Å². The summed E-state index contributed by atoms with van der Waals surface area (Å²) in [5.74, 6) is 0.0112. The van der Waals surface area contributed by atoms with Gasteiger partial charge in [0.05, 0.1) is 11.5 Å². The maximum Gasteiger partial charge on any atom is 0.239 e. The van der Waals surface area contributed by atoms with E-state index in [9.17, 15) is 4.79 Å². The zero-order chi connectivity index (χ0) is 17.2. The minimum atomic E-state index is -0.0627. The van der Waals surface area contributed by atoms with E-state index < -0.39 is 0 Å². The first-order valence-electron chi connectivity index (χ1n) is 8.25. The Labute approximate surface area is 150 Å². The summed E-state index contributed by atoms with van der Waals surface area (Å²) in [6, 6.07) is 18.7. The molecule has 0 saturated carbocycles. The average Bonchev–Trinajstić information content (AvgIpc) is 3.01. The Kier molecular flexibility index (Phi) is 4.24. The van der Waals surface area contributed by atoms with Crippen molar-refractivity contribution < 1.29 is 4.79 Å². The second-order valence-corrected chi connectivity index (χ2v) is 7.08. The lowest BCUT2D eigenvalue weighted by molar-refractivity contribution is -0.118. The molecule has 0 aromatic heterocycles. The highest BCUT2D eigenvalue weighted by atomic mass is 32.2. The summed E-state index contributed by atoms with van der Waals surface area (Å²) in [4.78, 5) is 11.7. The summed E-state index contributed by atoms with van der Waals surface area (Å²) in [5, 5.41) is 16.4. The molecule has 0 aliphatic carbocycles. The third-order valence-corrected chi connectivity index (χ3v) is 5.53. The van der Waals surface area contributed by atoms with Gasteiger partial charge in [-0.15, -0.1) is 5.10 Å². The molecule has 0 unspecified atom stereocenters. The highest BCUT2D eigenvalue weighted by Crippen LogP contribution is 2.27. The molecule has 1 atom stereocenters. The van der Waals surface area contributed by atoms with Crippen molar-refractivity contribution >= 4 is 50.6 Å². The van der Waals surface area contributed by atoms with Crippen molar-refractivity contribution in [3.63, 3.8) is 0 Å². The Bertz CT molecular complexity index is 972. The number of carbonyl (C=O) groups excluding carboxylic acids is 1. The molecule has 0 spiro atoms. The van der Waals surface area contributed by atoms with E-state index in [1.807, 2.05) is 31.2 Å². The lowest BCUT2D eigenvalue weighted by atomic mass is 9.97. The molecule has 1 aliphatic rings. The zero-order valence-electron chi connectivity index (χ0n) is 13.8. The van der Waals surface area contributed by atoms with E-state index in [1.165, 1.54) is 22.5 Å². The molecular weight excluding hydrogens is 330 g/mol. The van der Waals surface area contributed by atoms with Crippen LogP contribution in [0.15, 0.2) is 64.8 Å². The highest BCUT2D eigenvalue weighted by Gasteiger charge is 2.28. The van der Waals surface area contributed by atoms with Gasteiger partial charge in [0, 0.05) is 5.56 Å². The van der Waals surface area contributed by atoms with Crippen molar-refractivity contribution in [2.24, 2.45) is 10.2 Å². The van der Waals surface area contributed by atoms with Gasteiger partial charge in [-0.25, -0.2) is 0 Å². The van der Waals surface area contributed by atoms with Crippen LogP contribution in [-0.2, 0) is 4.79 Å². The summed E-state index contributed by atoms with van der Waals surface area (Å²) in [7, 11) is 0. The molecule has 1 heterocycles. The normalized spacial score (nSPS) is 19.3. The van der Waals surface area contributed by atoms with E-state index in [0.717, 1.165) is 22.8 Å². The monoisotopic (exact) mass is 347 g/mol. The molecule has 124 valence electrons. The number of nitrogens with zero attached hydrogens (tertiary/aromatic N) is 2. The Morgan fingerprint density at radius 3 is 2.32 bits per heavy atom. The van der Waals surface area contributed by atoms with Crippen LogP contribution in [0.4, 0.5) is 0 Å². The predicted molar refractivity (Wildman–Crippen MR) is 106 cm³/mol. The van der Waals surface area contributed by atoms with Crippen LogP contribution in [-0.4, -0.2) is 22.5 Å². The third-order valence-electron chi connectivity index (χ3n) is 4.30. The maximum atomic E-state index is 11.7. The van der Waals surface area contributed by atoms with Crippen LogP contribution < -0.4 is 5.32 Å². The zero-order valence-corrected chi connectivity index (χ0v) is 14.6. The van der Waals surface area contributed by atoms with Gasteiger partial charge in [-0.3, -0.25) is 4.79 Å². The number of fused-ring (bicyclic) bond motifs is 2. The topological polar surface area (TPSA) is 53.8 Å². The van der Waals surface area contributed by atoms with Crippen molar-refractivity contribution in [3.05, 3.63) is 60.2 Å². The number of carbonyl (C=O) groups is 1. The van der Waals surface area contributed by atoms with Crippen LogP contribution in [0.1, 0.15) is 18.9 Å². The number of nitrogens with one attached hydrogen (secondary N) is 1. The molecule has 1 N–H and O–H groups in total. The lowest BCUT2D eigenvalue weighted by Crippen LogP contribution is -2.24. The van der Waals surface area contributed by atoms with Gasteiger partial charge in [0.2, 0.25) is 5.91 Å². The molecule has 1 amide bonds. The van der Waals surface area contributed by atoms with Crippen LogP contribution in [0.25, 0.3) is 21.5 Å². The number of thioether (sulfide) groups is 1. The molecule has 1 aliphatic heterocycles. The average molecular weight is 347 g/mol. The number of amidine groups is 1. The molecule has 1 fully saturated rings. The van der Waals surface area contributed by atoms with Crippen LogP contribution in [0.5, 0.6) is 0 Å². The SMILES string of the molecule is CC[C@H]1SC(=NN=Cc2c3ccccc3cc3ccccc23)NC1=O. The molecule has 3 aromatic rings. The first-order valence-corrected chi connectivity index (χ1v) is 9.13. The van der Waals surface area contributed by atoms with Gasteiger partial charge in [0.15, 0.2) is 5.17 Å². The maximum absolute atomic E-state index is 11.7. The molecule has 3 aromatic carbocycles. The highest BCUT2D eigenvalue weighted by molar-refractivity contribution is 8.15. The first kappa shape index (κ1) is 15.8. The predicted octanol–water partition coefficient (Wildman–Crippen LogP) is 4.32. The number of amides is 1. The number of hydrogen-bond acceptors (Lipinski definition) is 4. The van der Waals surface area contributed by atoms with Crippen molar-refractivity contribution in [2.45, 2.75) is 18.6 Å². The fourth-order valence-corrected chi connectivity index (χ4v) is 3.90. The quantitative estimate of drug-likeness (QED) is 0.436. The number of rotatable bonds is 3. The molecule has 0 bridgehead atoms. The Morgan fingerprint density at radius 1 is 1.08 bits per heavy atom. The van der Waals surface area contributed by atoms with Gasteiger partial charge in [-0.2, -0.15) is 5.10 Å². The van der Waals surface area contributed by atoms with Crippen LogP contribution >= 0.6 is 11.8 Å². The second kappa shape index (κ2) is 6.69. The summed E-state index contributed by atoms with van der Waals surface area (Å²) >= 11 is 1.44. The van der Waals surface area contributed by atoms with Gasteiger partial charge in [0.1, 0.15) is 0 Å². The Hall–Kier alpha value is -2.66. The molecule has 5 heteroatoms. The first-order chi connectivity index (χ1) is 12.3. The standard InChI is InChI=1S/C20H17N3OS/c1-2-18-19(24)22-20(25-18)23-21-12-17-15-9-5-3-7-13(15)11-14-8-4-6-10-16(14)17/h3-12,18H,2H2,1H3,(H,22,23,24)/t18-/m1/s1. The molecular formula is C20H17N3OS. The Balaban J connectivity index is 1.76. The Morgan fingerprint density at radius 2 is 1.72 bits per heavy atom. The molecule has 25 heavy (non-hydrogen) atoms.